The van der Waals surface area contributed by atoms with E-state index in [2.05, 4.69) is 5.32 Å². The third kappa shape index (κ3) is 2.82. The Morgan fingerprint density at radius 2 is 2.18 bits per heavy atom. The lowest BCUT2D eigenvalue weighted by molar-refractivity contribution is -0.124. The molecule has 4 unspecified atom stereocenters. The predicted molar refractivity (Wildman–Crippen MR) is 67.5 cm³/mol. The summed E-state index contributed by atoms with van der Waals surface area (Å²) in [5.41, 5.74) is -0.436. The molecule has 2 aliphatic carbocycles. The number of fused-ring (bicyclic) bond motifs is 2. The largest absolute Gasteiger partial charge is 0.394 e. The molecule has 0 spiro atoms. The lowest BCUT2D eigenvalue weighted by atomic mass is 9.86. The summed E-state index contributed by atoms with van der Waals surface area (Å²) >= 11 is 0. The van der Waals surface area contributed by atoms with Crippen LogP contribution >= 0.6 is 0 Å². The molecule has 0 aromatic rings. The van der Waals surface area contributed by atoms with E-state index in [-0.39, 0.29) is 12.5 Å². The zero-order chi connectivity index (χ0) is 12.5. The quantitative estimate of drug-likeness (QED) is 0.772. The molecule has 17 heavy (non-hydrogen) atoms. The van der Waals surface area contributed by atoms with Gasteiger partial charge in [0.15, 0.2) is 0 Å². The molecule has 2 rings (SSSR count). The molecule has 1 amide bonds. The molecule has 3 nitrogen and oxygen atoms in total. The molecule has 2 aliphatic rings. The van der Waals surface area contributed by atoms with E-state index < -0.39 is 5.54 Å². The zero-order valence-corrected chi connectivity index (χ0v) is 11.0. The van der Waals surface area contributed by atoms with Crippen LogP contribution in [0.2, 0.25) is 0 Å². The topological polar surface area (TPSA) is 49.3 Å². The molecule has 2 bridgehead atoms. The molecule has 2 fully saturated rings. The van der Waals surface area contributed by atoms with Gasteiger partial charge in [-0.3, -0.25) is 4.79 Å². The third-order valence-electron chi connectivity index (χ3n) is 4.90. The maximum absolute atomic E-state index is 12.0. The number of aliphatic hydroxyl groups is 1. The van der Waals surface area contributed by atoms with Gasteiger partial charge in [0.1, 0.15) is 0 Å². The van der Waals surface area contributed by atoms with Crippen LogP contribution in [0.15, 0.2) is 0 Å². The van der Waals surface area contributed by atoms with Crippen molar-refractivity contribution in [1.29, 1.82) is 0 Å². The number of hydrogen-bond acceptors (Lipinski definition) is 2. The van der Waals surface area contributed by atoms with Gasteiger partial charge in [0, 0.05) is 6.42 Å². The number of amides is 1. The Balaban J connectivity index is 1.81. The average molecular weight is 239 g/mol. The zero-order valence-electron chi connectivity index (χ0n) is 11.0. The molecule has 3 heteroatoms. The van der Waals surface area contributed by atoms with E-state index in [4.69, 9.17) is 0 Å². The number of hydrogen-bond donors (Lipinski definition) is 2. The van der Waals surface area contributed by atoms with Gasteiger partial charge in [0.05, 0.1) is 12.1 Å². The fourth-order valence-corrected chi connectivity index (χ4v) is 3.49. The standard InChI is InChI=1S/C14H25NO2/c1-3-14(2,9-16)15-13(17)8-12-7-10-4-5-11(12)6-10/h10-12,16H,3-9H2,1-2H3,(H,15,17). The van der Waals surface area contributed by atoms with Gasteiger partial charge in [-0.05, 0) is 50.4 Å². The minimum Gasteiger partial charge on any atom is -0.394 e. The van der Waals surface area contributed by atoms with E-state index in [0.717, 1.165) is 18.3 Å². The second-order valence-electron chi connectivity index (χ2n) is 6.26. The van der Waals surface area contributed by atoms with E-state index >= 15 is 0 Å². The van der Waals surface area contributed by atoms with E-state index in [1.165, 1.54) is 25.7 Å². The highest BCUT2D eigenvalue weighted by Crippen LogP contribution is 2.49. The minimum absolute atomic E-state index is 0.0198. The van der Waals surface area contributed by atoms with Crippen molar-refractivity contribution in [3.63, 3.8) is 0 Å². The van der Waals surface area contributed by atoms with Crippen molar-refractivity contribution >= 4 is 5.91 Å². The van der Waals surface area contributed by atoms with Crippen LogP contribution in [0.3, 0.4) is 0 Å². The SMILES string of the molecule is CCC(C)(CO)NC(=O)CC1CC2CCC1C2. The first-order valence-corrected chi connectivity index (χ1v) is 6.98. The van der Waals surface area contributed by atoms with Gasteiger partial charge in [0.25, 0.3) is 0 Å². The predicted octanol–water partition coefficient (Wildman–Crippen LogP) is 2.09. The summed E-state index contributed by atoms with van der Waals surface area (Å²) < 4.78 is 0. The van der Waals surface area contributed by atoms with Crippen LogP contribution in [0.1, 0.15) is 52.4 Å². The van der Waals surface area contributed by atoms with Gasteiger partial charge < -0.3 is 10.4 Å². The highest BCUT2D eigenvalue weighted by Gasteiger charge is 2.40. The van der Waals surface area contributed by atoms with Crippen LogP contribution in [0.5, 0.6) is 0 Å². The summed E-state index contributed by atoms with van der Waals surface area (Å²) in [7, 11) is 0. The van der Waals surface area contributed by atoms with E-state index in [9.17, 15) is 9.90 Å². The first-order chi connectivity index (χ1) is 8.06. The molecule has 2 N–H and O–H groups in total. The second-order valence-corrected chi connectivity index (χ2v) is 6.26. The summed E-state index contributed by atoms with van der Waals surface area (Å²) in [4.78, 5) is 12.0. The van der Waals surface area contributed by atoms with Crippen LogP contribution in [0.4, 0.5) is 0 Å². The van der Waals surface area contributed by atoms with E-state index in [1.807, 2.05) is 13.8 Å². The van der Waals surface area contributed by atoms with Crippen LogP contribution in [0.25, 0.3) is 0 Å². The summed E-state index contributed by atoms with van der Waals surface area (Å²) in [6.07, 6.45) is 6.74. The van der Waals surface area contributed by atoms with Gasteiger partial charge in [-0.25, -0.2) is 0 Å². The Hall–Kier alpha value is -0.570. The van der Waals surface area contributed by atoms with Gasteiger partial charge in [0.2, 0.25) is 5.91 Å². The van der Waals surface area contributed by atoms with Crippen molar-refractivity contribution in [1.82, 2.24) is 5.32 Å². The summed E-state index contributed by atoms with van der Waals surface area (Å²) in [6, 6.07) is 0. The number of aliphatic hydroxyl groups excluding tert-OH is 1. The molecule has 0 heterocycles. The van der Waals surface area contributed by atoms with Crippen molar-refractivity contribution < 1.29 is 9.90 Å². The van der Waals surface area contributed by atoms with Crippen molar-refractivity contribution in [2.45, 2.75) is 57.9 Å². The fraction of sp³-hybridized carbons (Fsp3) is 0.929. The van der Waals surface area contributed by atoms with Crippen LogP contribution < -0.4 is 5.32 Å². The highest BCUT2D eigenvalue weighted by molar-refractivity contribution is 5.77. The Morgan fingerprint density at radius 1 is 1.41 bits per heavy atom. The second kappa shape index (κ2) is 4.97. The Bertz CT molecular complexity index is 286. The van der Waals surface area contributed by atoms with E-state index in [0.29, 0.717) is 12.3 Å². The smallest absolute Gasteiger partial charge is 0.220 e. The Kier molecular flexibility index (Phi) is 3.76. The molecule has 2 saturated carbocycles. The molecule has 0 aromatic heterocycles. The van der Waals surface area contributed by atoms with Crippen molar-refractivity contribution in [3.05, 3.63) is 0 Å². The monoisotopic (exact) mass is 239 g/mol. The molecule has 4 atom stereocenters. The van der Waals surface area contributed by atoms with Crippen LogP contribution in [0, 0.1) is 17.8 Å². The van der Waals surface area contributed by atoms with Crippen molar-refractivity contribution in [2.24, 2.45) is 17.8 Å². The number of nitrogens with one attached hydrogen (secondary N) is 1. The molecule has 0 aliphatic heterocycles. The van der Waals surface area contributed by atoms with Crippen LogP contribution in [-0.4, -0.2) is 23.2 Å². The van der Waals surface area contributed by atoms with E-state index in [1.54, 1.807) is 0 Å². The van der Waals surface area contributed by atoms with Gasteiger partial charge in [-0.1, -0.05) is 13.3 Å². The number of rotatable bonds is 5. The first-order valence-electron chi connectivity index (χ1n) is 6.98. The van der Waals surface area contributed by atoms with Crippen LogP contribution in [-0.2, 0) is 4.79 Å². The third-order valence-corrected chi connectivity index (χ3v) is 4.90. The lowest BCUT2D eigenvalue weighted by Gasteiger charge is -2.29. The molecular formula is C14H25NO2. The molecular weight excluding hydrogens is 214 g/mol. The van der Waals surface area contributed by atoms with Crippen molar-refractivity contribution in [3.8, 4) is 0 Å². The highest BCUT2D eigenvalue weighted by atomic mass is 16.3. The summed E-state index contributed by atoms with van der Waals surface area (Å²) in [6.45, 7) is 3.92. The molecule has 0 saturated heterocycles. The maximum atomic E-state index is 12.0. The minimum atomic E-state index is -0.436. The van der Waals surface area contributed by atoms with Gasteiger partial charge in [-0.2, -0.15) is 0 Å². The summed E-state index contributed by atoms with van der Waals surface area (Å²) in [5.74, 6) is 2.43. The van der Waals surface area contributed by atoms with Crippen molar-refractivity contribution in [2.75, 3.05) is 6.61 Å². The molecule has 98 valence electrons. The number of carbonyl (C=O) groups excluding carboxylic acids is 1. The Morgan fingerprint density at radius 3 is 2.65 bits per heavy atom. The lowest BCUT2D eigenvalue weighted by Crippen LogP contribution is -2.48. The molecule has 0 radical (unpaired) electrons. The molecule has 0 aromatic carbocycles. The number of carbonyl (C=O) groups is 1. The Labute approximate surface area is 104 Å². The summed E-state index contributed by atoms with van der Waals surface area (Å²) in [5, 5.41) is 12.3. The average Bonchev–Trinajstić information content (AvgIpc) is 2.90. The normalized spacial score (nSPS) is 34.6. The fourth-order valence-electron chi connectivity index (χ4n) is 3.49. The van der Waals surface area contributed by atoms with Gasteiger partial charge in [-0.15, -0.1) is 0 Å². The first kappa shape index (κ1) is 12.9. The maximum Gasteiger partial charge on any atom is 0.220 e. The van der Waals surface area contributed by atoms with Gasteiger partial charge >= 0.3 is 0 Å².